The van der Waals surface area contributed by atoms with Crippen LogP contribution in [0.1, 0.15) is 25.7 Å². The highest BCUT2D eigenvalue weighted by Crippen LogP contribution is 2.27. The first kappa shape index (κ1) is 11.1. The molecular weight excluding hydrogens is 204 g/mol. The van der Waals surface area contributed by atoms with Crippen LogP contribution in [0.3, 0.4) is 0 Å². The third-order valence-electron chi connectivity index (χ3n) is 3.21. The lowest BCUT2D eigenvalue weighted by Crippen LogP contribution is -2.34. The lowest BCUT2D eigenvalue weighted by molar-refractivity contribution is 0.178. The first-order valence-corrected chi connectivity index (χ1v) is 5.74. The molecule has 1 aliphatic carbocycles. The van der Waals surface area contributed by atoms with Gasteiger partial charge in [0.2, 0.25) is 0 Å². The quantitative estimate of drug-likeness (QED) is 0.711. The van der Waals surface area contributed by atoms with Gasteiger partial charge in [-0.1, -0.05) is 12.8 Å². The molecule has 0 saturated heterocycles. The van der Waals surface area contributed by atoms with Crippen molar-refractivity contribution >= 4 is 11.5 Å². The summed E-state index contributed by atoms with van der Waals surface area (Å²) >= 11 is 0. The summed E-state index contributed by atoms with van der Waals surface area (Å²) in [6, 6.07) is 0.274. The van der Waals surface area contributed by atoms with E-state index in [0.29, 0.717) is 17.4 Å². The van der Waals surface area contributed by atoms with Crippen molar-refractivity contribution in [1.29, 1.82) is 0 Å². The molecule has 5 nitrogen and oxygen atoms in total. The molecule has 0 aliphatic heterocycles. The monoisotopic (exact) mass is 222 g/mol. The minimum absolute atomic E-state index is 0.225. The van der Waals surface area contributed by atoms with E-state index >= 15 is 0 Å². The number of nitrogens with two attached hydrogens (primary N) is 1. The van der Waals surface area contributed by atoms with Gasteiger partial charge in [-0.15, -0.1) is 0 Å². The van der Waals surface area contributed by atoms with E-state index in [0.717, 1.165) is 12.8 Å². The summed E-state index contributed by atoms with van der Waals surface area (Å²) in [4.78, 5) is 7.96. The first-order chi connectivity index (χ1) is 7.81. The van der Waals surface area contributed by atoms with Gasteiger partial charge >= 0.3 is 0 Å². The predicted molar refractivity (Wildman–Crippen MR) is 62.9 cm³/mol. The van der Waals surface area contributed by atoms with Gasteiger partial charge in [0.05, 0.1) is 11.9 Å². The van der Waals surface area contributed by atoms with Crippen LogP contribution in [0.2, 0.25) is 0 Å². The number of hydrogen-bond acceptors (Lipinski definition) is 5. The van der Waals surface area contributed by atoms with Crippen molar-refractivity contribution in [3.63, 3.8) is 0 Å². The first-order valence-electron chi connectivity index (χ1n) is 5.74. The largest absolute Gasteiger partial charge is 0.396 e. The second-order valence-corrected chi connectivity index (χ2v) is 4.30. The molecule has 0 bridgehead atoms. The SMILES string of the molecule is Nc1cncnc1NC1CCCCC1CO. The zero-order chi connectivity index (χ0) is 11.4. The average Bonchev–Trinajstić information content (AvgIpc) is 2.33. The highest BCUT2D eigenvalue weighted by molar-refractivity contribution is 5.59. The van der Waals surface area contributed by atoms with Gasteiger partial charge in [0.15, 0.2) is 5.82 Å². The third kappa shape index (κ3) is 2.41. The number of hydrogen-bond donors (Lipinski definition) is 3. The van der Waals surface area contributed by atoms with E-state index in [-0.39, 0.29) is 12.6 Å². The number of anilines is 2. The summed E-state index contributed by atoms with van der Waals surface area (Å²) in [6.07, 6.45) is 7.59. The highest BCUT2D eigenvalue weighted by atomic mass is 16.3. The maximum atomic E-state index is 9.30. The summed E-state index contributed by atoms with van der Waals surface area (Å²) in [7, 11) is 0. The van der Waals surface area contributed by atoms with Crippen molar-refractivity contribution in [3.8, 4) is 0 Å². The van der Waals surface area contributed by atoms with E-state index in [1.54, 1.807) is 6.20 Å². The van der Waals surface area contributed by atoms with Gasteiger partial charge < -0.3 is 16.2 Å². The Morgan fingerprint density at radius 1 is 1.44 bits per heavy atom. The molecule has 1 aromatic rings. The van der Waals surface area contributed by atoms with E-state index in [4.69, 9.17) is 5.73 Å². The van der Waals surface area contributed by atoms with Gasteiger partial charge in [-0.3, -0.25) is 0 Å². The lowest BCUT2D eigenvalue weighted by atomic mass is 9.85. The maximum absolute atomic E-state index is 9.30. The Labute approximate surface area is 95.1 Å². The topological polar surface area (TPSA) is 84.1 Å². The van der Waals surface area contributed by atoms with Gasteiger partial charge in [-0.05, 0) is 12.8 Å². The normalized spacial score (nSPS) is 25.3. The molecule has 16 heavy (non-hydrogen) atoms. The smallest absolute Gasteiger partial charge is 0.152 e. The highest BCUT2D eigenvalue weighted by Gasteiger charge is 2.24. The van der Waals surface area contributed by atoms with Crippen molar-refractivity contribution in [3.05, 3.63) is 12.5 Å². The van der Waals surface area contributed by atoms with Gasteiger partial charge in [0.25, 0.3) is 0 Å². The molecule has 1 aliphatic rings. The fourth-order valence-electron chi connectivity index (χ4n) is 2.25. The number of nitrogens with one attached hydrogen (secondary N) is 1. The number of aliphatic hydroxyl groups is 1. The van der Waals surface area contributed by atoms with E-state index < -0.39 is 0 Å². The molecule has 1 fully saturated rings. The molecule has 2 unspecified atom stereocenters. The minimum atomic E-state index is 0.225. The Hall–Kier alpha value is -1.36. The van der Waals surface area contributed by atoms with Crippen LogP contribution >= 0.6 is 0 Å². The second-order valence-electron chi connectivity index (χ2n) is 4.30. The maximum Gasteiger partial charge on any atom is 0.152 e. The summed E-state index contributed by atoms with van der Waals surface area (Å²) in [5.41, 5.74) is 6.33. The Balaban J connectivity index is 2.05. The molecule has 0 spiro atoms. The average molecular weight is 222 g/mol. The fourth-order valence-corrected chi connectivity index (χ4v) is 2.25. The predicted octanol–water partition coefficient (Wildman–Crippen LogP) is 1.02. The van der Waals surface area contributed by atoms with Crippen molar-refractivity contribution in [2.75, 3.05) is 17.7 Å². The van der Waals surface area contributed by atoms with E-state index in [2.05, 4.69) is 15.3 Å². The lowest BCUT2D eigenvalue weighted by Gasteiger charge is -2.31. The Morgan fingerprint density at radius 2 is 2.25 bits per heavy atom. The molecule has 2 atom stereocenters. The molecule has 5 heteroatoms. The van der Waals surface area contributed by atoms with Crippen LogP contribution in [-0.4, -0.2) is 27.7 Å². The third-order valence-corrected chi connectivity index (χ3v) is 3.21. The van der Waals surface area contributed by atoms with Gasteiger partial charge in [-0.25, -0.2) is 9.97 Å². The van der Waals surface area contributed by atoms with Crippen LogP contribution in [0.5, 0.6) is 0 Å². The second kappa shape index (κ2) is 5.12. The molecular formula is C11H18N4O. The molecule has 4 N–H and O–H groups in total. The van der Waals surface area contributed by atoms with Gasteiger partial charge in [-0.2, -0.15) is 0 Å². The molecule has 1 heterocycles. The number of nitrogen functional groups attached to an aromatic ring is 1. The molecule has 1 saturated carbocycles. The molecule has 88 valence electrons. The van der Waals surface area contributed by atoms with Crippen molar-refractivity contribution in [2.45, 2.75) is 31.7 Å². The standard InChI is InChI=1S/C11H18N4O/c12-9-5-13-7-14-11(9)15-10-4-2-1-3-8(10)6-16/h5,7-8,10,16H,1-4,6,12H2,(H,13,14,15). The van der Waals surface area contributed by atoms with Crippen LogP contribution < -0.4 is 11.1 Å². The van der Waals surface area contributed by atoms with Gasteiger partial charge in [0.1, 0.15) is 6.33 Å². The zero-order valence-electron chi connectivity index (χ0n) is 9.26. The van der Waals surface area contributed by atoms with Gasteiger partial charge in [0, 0.05) is 18.6 Å². The van der Waals surface area contributed by atoms with Crippen LogP contribution in [-0.2, 0) is 0 Å². The van der Waals surface area contributed by atoms with Crippen LogP contribution in [0.25, 0.3) is 0 Å². The minimum Gasteiger partial charge on any atom is -0.396 e. The fraction of sp³-hybridized carbons (Fsp3) is 0.636. The van der Waals surface area contributed by atoms with Crippen molar-refractivity contribution in [1.82, 2.24) is 9.97 Å². The molecule has 2 rings (SSSR count). The zero-order valence-corrected chi connectivity index (χ0v) is 9.26. The van der Waals surface area contributed by atoms with E-state index in [1.807, 2.05) is 0 Å². The van der Waals surface area contributed by atoms with E-state index in [1.165, 1.54) is 19.2 Å². The number of nitrogens with zero attached hydrogens (tertiary/aromatic N) is 2. The summed E-state index contributed by atoms with van der Waals surface area (Å²) < 4.78 is 0. The van der Waals surface area contributed by atoms with Crippen molar-refractivity contribution < 1.29 is 5.11 Å². The summed E-state index contributed by atoms with van der Waals surface area (Å²) in [6.45, 7) is 0.225. The molecule has 0 aromatic carbocycles. The molecule has 0 amide bonds. The van der Waals surface area contributed by atoms with Crippen LogP contribution in [0.4, 0.5) is 11.5 Å². The molecule has 1 aromatic heterocycles. The van der Waals surface area contributed by atoms with Crippen LogP contribution in [0.15, 0.2) is 12.5 Å². The van der Waals surface area contributed by atoms with E-state index in [9.17, 15) is 5.11 Å². The summed E-state index contributed by atoms with van der Waals surface area (Å²) in [5.74, 6) is 0.989. The Morgan fingerprint density at radius 3 is 3.00 bits per heavy atom. The summed E-state index contributed by atoms with van der Waals surface area (Å²) in [5, 5.41) is 12.6. The molecule has 0 radical (unpaired) electrons. The number of aromatic nitrogens is 2. The van der Waals surface area contributed by atoms with Crippen molar-refractivity contribution in [2.24, 2.45) is 5.92 Å². The van der Waals surface area contributed by atoms with Crippen LogP contribution in [0, 0.1) is 5.92 Å². The number of rotatable bonds is 3. The Kier molecular flexibility index (Phi) is 3.56. The number of aliphatic hydroxyl groups excluding tert-OH is 1. The Bertz CT molecular complexity index is 345.